The summed E-state index contributed by atoms with van der Waals surface area (Å²) in [4.78, 5) is 7.25. The van der Waals surface area contributed by atoms with E-state index < -0.39 is 0 Å². The Balaban J connectivity index is 2.49. The van der Waals surface area contributed by atoms with Crippen LogP contribution in [0.1, 0.15) is 6.42 Å². The molecule has 0 radical (unpaired) electrons. The first-order valence-corrected chi connectivity index (χ1v) is 4.18. The van der Waals surface area contributed by atoms with Crippen molar-refractivity contribution in [2.24, 2.45) is 9.98 Å². The summed E-state index contributed by atoms with van der Waals surface area (Å²) in [5, 5.41) is 27.8. The molecule has 0 bridgehead atoms. The lowest BCUT2D eigenvalue weighted by Crippen LogP contribution is -2.20. The highest BCUT2D eigenvalue weighted by molar-refractivity contribution is 6.45. The van der Waals surface area contributed by atoms with Crippen molar-refractivity contribution in [1.82, 2.24) is 5.32 Å². The zero-order chi connectivity index (χ0) is 10.4. The second-order valence-corrected chi connectivity index (χ2v) is 2.63. The van der Waals surface area contributed by atoms with Crippen molar-refractivity contribution in [1.29, 1.82) is 5.41 Å². The molecule has 14 heavy (non-hydrogen) atoms. The molecule has 0 saturated heterocycles. The van der Waals surface area contributed by atoms with E-state index in [1.165, 1.54) is 12.5 Å². The normalized spacial score (nSPS) is 18.5. The number of aliphatic hydroxyl groups excluding tert-OH is 2. The number of nitrogens with one attached hydrogen (secondary N) is 2. The minimum atomic E-state index is -0.338. The van der Waals surface area contributed by atoms with Gasteiger partial charge in [-0.1, -0.05) is 0 Å². The van der Waals surface area contributed by atoms with Gasteiger partial charge in [0, 0.05) is 19.4 Å². The predicted molar refractivity (Wildman–Crippen MR) is 54.1 cm³/mol. The van der Waals surface area contributed by atoms with Crippen molar-refractivity contribution in [2.45, 2.75) is 6.42 Å². The fourth-order valence-electron chi connectivity index (χ4n) is 0.849. The van der Waals surface area contributed by atoms with E-state index in [1.54, 1.807) is 0 Å². The zero-order valence-electron chi connectivity index (χ0n) is 7.56. The van der Waals surface area contributed by atoms with Crippen LogP contribution in [0.4, 0.5) is 0 Å². The average molecular weight is 196 g/mol. The number of rotatable bonds is 4. The molecule has 6 heteroatoms. The van der Waals surface area contributed by atoms with E-state index in [0.29, 0.717) is 18.7 Å². The SMILES string of the molecule is N=C1C(O)=NC=N/C1=C/NCCCO. The first-order chi connectivity index (χ1) is 6.75. The Morgan fingerprint density at radius 3 is 3.07 bits per heavy atom. The molecule has 0 atom stereocenters. The molecule has 1 rings (SSSR count). The number of hydrogen-bond acceptors (Lipinski definition) is 5. The summed E-state index contributed by atoms with van der Waals surface area (Å²) < 4.78 is 0. The van der Waals surface area contributed by atoms with Gasteiger partial charge in [-0.25, -0.2) is 9.98 Å². The van der Waals surface area contributed by atoms with Crippen LogP contribution in [0.3, 0.4) is 0 Å². The van der Waals surface area contributed by atoms with Crippen molar-refractivity contribution >= 4 is 17.9 Å². The lowest BCUT2D eigenvalue weighted by Gasteiger charge is -2.06. The van der Waals surface area contributed by atoms with Gasteiger partial charge in [-0.2, -0.15) is 0 Å². The molecule has 6 nitrogen and oxygen atoms in total. The highest BCUT2D eigenvalue weighted by Gasteiger charge is 2.12. The van der Waals surface area contributed by atoms with Crippen LogP contribution in [0.5, 0.6) is 0 Å². The molecule has 0 spiro atoms. The van der Waals surface area contributed by atoms with E-state index in [9.17, 15) is 0 Å². The molecule has 4 N–H and O–H groups in total. The van der Waals surface area contributed by atoms with Crippen LogP contribution in [-0.4, -0.2) is 41.3 Å². The van der Waals surface area contributed by atoms with Crippen LogP contribution in [0.25, 0.3) is 0 Å². The molecule has 0 saturated carbocycles. The molecule has 76 valence electrons. The summed E-state index contributed by atoms with van der Waals surface area (Å²) in [6.07, 6.45) is 3.33. The van der Waals surface area contributed by atoms with Crippen LogP contribution in [0.2, 0.25) is 0 Å². The molecule has 0 amide bonds. The third-order valence-corrected chi connectivity index (χ3v) is 1.57. The highest BCUT2D eigenvalue weighted by Crippen LogP contribution is 2.02. The standard InChI is InChI=1S/C8H12N4O2/c9-7-6(4-10-2-1-3-13)11-5-12-8(7)14/h4-5,9-10,13H,1-3H2,(H,11,12,14)/b6-4+,9-7?. The second kappa shape index (κ2) is 5.13. The van der Waals surface area contributed by atoms with Crippen LogP contribution < -0.4 is 5.32 Å². The van der Waals surface area contributed by atoms with Crippen LogP contribution in [0, 0.1) is 5.41 Å². The van der Waals surface area contributed by atoms with Gasteiger partial charge < -0.3 is 15.5 Å². The van der Waals surface area contributed by atoms with Gasteiger partial charge in [-0.15, -0.1) is 0 Å². The van der Waals surface area contributed by atoms with E-state index in [0.717, 1.165) is 0 Å². The first-order valence-electron chi connectivity index (χ1n) is 4.18. The van der Waals surface area contributed by atoms with E-state index >= 15 is 0 Å². The molecule has 0 aliphatic carbocycles. The van der Waals surface area contributed by atoms with Crippen molar-refractivity contribution in [3.63, 3.8) is 0 Å². The fraction of sp³-hybridized carbons (Fsp3) is 0.375. The maximum Gasteiger partial charge on any atom is 0.240 e. The molecule has 0 aromatic rings. The summed E-state index contributed by atoms with van der Waals surface area (Å²) in [6.45, 7) is 0.713. The zero-order valence-corrected chi connectivity index (χ0v) is 7.56. The highest BCUT2D eigenvalue weighted by atomic mass is 16.3. The van der Waals surface area contributed by atoms with Gasteiger partial charge >= 0.3 is 0 Å². The van der Waals surface area contributed by atoms with Gasteiger partial charge in [-0.05, 0) is 6.42 Å². The Bertz CT molecular complexity index is 306. The minimum absolute atomic E-state index is 0.107. The number of nitrogens with zero attached hydrogens (tertiary/aromatic N) is 2. The fourth-order valence-corrected chi connectivity index (χ4v) is 0.849. The summed E-state index contributed by atoms with van der Waals surface area (Å²) in [5.74, 6) is -0.338. The molecule has 1 aliphatic rings. The Kier molecular flexibility index (Phi) is 3.81. The van der Waals surface area contributed by atoms with Crippen molar-refractivity contribution in [2.75, 3.05) is 13.2 Å². The predicted octanol–water partition coefficient (Wildman–Crippen LogP) is -0.182. The van der Waals surface area contributed by atoms with Gasteiger partial charge in [0.1, 0.15) is 17.7 Å². The second-order valence-electron chi connectivity index (χ2n) is 2.63. The lowest BCUT2D eigenvalue weighted by atomic mass is 10.2. The van der Waals surface area contributed by atoms with Crippen molar-refractivity contribution < 1.29 is 10.2 Å². The van der Waals surface area contributed by atoms with E-state index in [1.807, 2.05) is 0 Å². The average Bonchev–Trinajstić information content (AvgIpc) is 2.19. The minimum Gasteiger partial charge on any atom is -0.492 e. The third kappa shape index (κ3) is 2.67. The molecule has 1 aliphatic heterocycles. The maximum absolute atomic E-state index is 9.08. The van der Waals surface area contributed by atoms with Crippen LogP contribution >= 0.6 is 0 Å². The number of hydrogen-bond donors (Lipinski definition) is 4. The van der Waals surface area contributed by atoms with Gasteiger partial charge in [0.25, 0.3) is 0 Å². The molecule has 0 aromatic heterocycles. The molecule has 0 aromatic carbocycles. The smallest absolute Gasteiger partial charge is 0.240 e. The van der Waals surface area contributed by atoms with E-state index in [4.69, 9.17) is 15.6 Å². The Morgan fingerprint density at radius 1 is 1.57 bits per heavy atom. The van der Waals surface area contributed by atoms with Gasteiger partial charge in [0.05, 0.1) is 0 Å². The molecule has 0 fully saturated rings. The summed E-state index contributed by atoms with van der Waals surface area (Å²) in [6, 6.07) is 0. The maximum atomic E-state index is 9.08. The Hall–Kier alpha value is -1.69. The molecular weight excluding hydrogens is 184 g/mol. The van der Waals surface area contributed by atoms with Gasteiger partial charge in [0.15, 0.2) is 0 Å². The van der Waals surface area contributed by atoms with E-state index in [-0.39, 0.29) is 18.2 Å². The van der Waals surface area contributed by atoms with Crippen molar-refractivity contribution in [3.05, 3.63) is 11.9 Å². The number of aliphatic hydroxyl groups is 2. The largest absolute Gasteiger partial charge is 0.492 e. The summed E-state index contributed by atoms with van der Waals surface area (Å²) in [7, 11) is 0. The van der Waals surface area contributed by atoms with Gasteiger partial charge in [0.2, 0.25) is 5.90 Å². The van der Waals surface area contributed by atoms with Gasteiger partial charge in [-0.3, -0.25) is 5.41 Å². The molecule has 0 unspecified atom stereocenters. The van der Waals surface area contributed by atoms with Crippen molar-refractivity contribution in [3.8, 4) is 0 Å². The Morgan fingerprint density at radius 2 is 2.36 bits per heavy atom. The lowest BCUT2D eigenvalue weighted by molar-refractivity contribution is 0.288. The van der Waals surface area contributed by atoms with Crippen LogP contribution in [-0.2, 0) is 0 Å². The third-order valence-electron chi connectivity index (χ3n) is 1.57. The summed E-state index contributed by atoms with van der Waals surface area (Å²) in [5.41, 5.74) is 0.222. The van der Waals surface area contributed by atoms with Crippen LogP contribution in [0.15, 0.2) is 21.9 Å². The summed E-state index contributed by atoms with van der Waals surface area (Å²) >= 11 is 0. The topological polar surface area (TPSA) is 101 Å². The Labute approximate surface area is 81.2 Å². The number of aliphatic imine (C=N–C) groups is 2. The molecular formula is C8H12N4O2. The monoisotopic (exact) mass is 196 g/mol. The molecule has 1 heterocycles. The van der Waals surface area contributed by atoms with E-state index in [2.05, 4.69) is 15.3 Å². The first kappa shape index (κ1) is 10.4. The quantitative estimate of drug-likeness (QED) is 0.469.